The van der Waals surface area contributed by atoms with Crippen LogP contribution in [0.1, 0.15) is 11.6 Å². The van der Waals surface area contributed by atoms with Gasteiger partial charge in [0.05, 0.1) is 12.6 Å². The quantitative estimate of drug-likeness (QED) is 0.616. The van der Waals surface area contributed by atoms with Crippen molar-refractivity contribution in [2.24, 2.45) is 5.92 Å². The number of ether oxygens (including phenoxy) is 2. The number of hydrogen-bond acceptors (Lipinski definition) is 4. The van der Waals surface area contributed by atoms with E-state index in [1.54, 1.807) is 0 Å². The zero-order valence-corrected chi connectivity index (χ0v) is 13.7. The zero-order chi connectivity index (χ0) is 16.1. The smallest absolute Gasteiger partial charge is 0.319 e. The van der Waals surface area contributed by atoms with Crippen molar-refractivity contribution < 1.29 is 19.1 Å². The van der Waals surface area contributed by atoms with Crippen LogP contribution in [0.5, 0.6) is 0 Å². The maximum absolute atomic E-state index is 12.3. The molecule has 0 unspecified atom stereocenters. The van der Waals surface area contributed by atoms with Gasteiger partial charge in [0.2, 0.25) is 0 Å². The van der Waals surface area contributed by atoms with Crippen molar-refractivity contribution in [3.63, 3.8) is 0 Å². The molecule has 0 radical (unpaired) electrons. The first-order valence-corrected chi connectivity index (χ1v) is 7.49. The third-order valence-corrected chi connectivity index (χ3v) is 3.81. The summed E-state index contributed by atoms with van der Waals surface area (Å²) in [6, 6.07) is 6.45. The fourth-order valence-corrected chi connectivity index (χ4v) is 2.49. The summed E-state index contributed by atoms with van der Waals surface area (Å²) in [6.07, 6.45) is 0. The van der Waals surface area contributed by atoms with Gasteiger partial charge in [0, 0.05) is 17.3 Å². The molecule has 1 heterocycles. The molecule has 22 heavy (non-hydrogen) atoms. The van der Waals surface area contributed by atoms with Crippen LogP contribution >= 0.6 is 15.9 Å². The highest BCUT2D eigenvalue weighted by molar-refractivity contribution is 9.10. The number of halogens is 1. The molecular weight excluding hydrogens is 352 g/mol. The summed E-state index contributed by atoms with van der Waals surface area (Å²) in [5.74, 6) is -1.15. The number of methoxy groups -OCH3 is 1. The molecule has 1 fully saturated rings. The van der Waals surface area contributed by atoms with Crippen molar-refractivity contribution >= 4 is 27.9 Å². The van der Waals surface area contributed by atoms with Crippen LogP contribution < -0.4 is 10.6 Å². The number of hydrogen-bond donors (Lipinski definition) is 2. The van der Waals surface area contributed by atoms with E-state index in [4.69, 9.17) is 9.47 Å². The highest BCUT2D eigenvalue weighted by Gasteiger charge is 2.38. The minimum Gasteiger partial charge on any atom is -0.463 e. The number of carbonyl (C=O) groups excluding carboxylic acids is 2. The van der Waals surface area contributed by atoms with E-state index in [9.17, 15) is 9.59 Å². The van der Waals surface area contributed by atoms with Gasteiger partial charge in [0.15, 0.2) is 0 Å². The Balaban J connectivity index is 2.21. The molecule has 0 bridgehead atoms. The Morgan fingerprint density at radius 3 is 2.64 bits per heavy atom. The molecule has 1 aliphatic heterocycles. The predicted octanol–water partition coefficient (Wildman–Crippen LogP) is 2.12. The van der Waals surface area contributed by atoms with E-state index < -0.39 is 17.9 Å². The fourth-order valence-electron chi connectivity index (χ4n) is 2.23. The van der Waals surface area contributed by atoms with E-state index in [-0.39, 0.29) is 12.6 Å². The molecule has 0 aromatic heterocycles. The lowest BCUT2D eigenvalue weighted by molar-refractivity contribution is -0.149. The minimum atomic E-state index is -0.698. The van der Waals surface area contributed by atoms with E-state index in [0.717, 1.165) is 10.0 Å². The molecule has 2 amide bonds. The first kappa shape index (κ1) is 16.5. The number of amides is 2. The standard InChI is InChI=1S/C15H17BrN2O4/c1-9-12(14(19)22-8-7-21-2)13(18-15(20)17-9)10-3-5-11(16)6-4-10/h3-6,12-13H,1,7-8H2,2H3,(H2,17,18,20)/t12-,13+/m0/s1. The number of carbonyl (C=O) groups is 2. The Morgan fingerprint density at radius 2 is 2.00 bits per heavy atom. The second-order valence-electron chi connectivity index (χ2n) is 4.79. The topological polar surface area (TPSA) is 76.7 Å². The second-order valence-corrected chi connectivity index (χ2v) is 5.71. The summed E-state index contributed by atoms with van der Waals surface area (Å²) in [5, 5.41) is 5.27. The van der Waals surface area contributed by atoms with Gasteiger partial charge < -0.3 is 20.1 Å². The molecule has 0 aliphatic carbocycles. The Morgan fingerprint density at radius 1 is 1.32 bits per heavy atom. The van der Waals surface area contributed by atoms with Gasteiger partial charge in [-0.2, -0.15) is 0 Å². The Bertz CT molecular complexity index is 573. The largest absolute Gasteiger partial charge is 0.463 e. The maximum Gasteiger partial charge on any atom is 0.319 e. The van der Waals surface area contributed by atoms with Gasteiger partial charge in [-0.1, -0.05) is 34.6 Å². The third kappa shape index (κ3) is 3.86. The SMILES string of the molecule is C=C1NC(=O)N[C@H](c2ccc(Br)cc2)[C@H]1C(=O)OCCOC. The van der Waals surface area contributed by atoms with Crippen molar-refractivity contribution in [1.29, 1.82) is 0 Å². The van der Waals surface area contributed by atoms with E-state index in [2.05, 4.69) is 33.1 Å². The summed E-state index contributed by atoms with van der Waals surface area (Å²) in [4.78, 5) is 24.0. The summed E-state index contributed by atoms with van der Waals surface area (Å²) >= 11 is 3.36. The lowest BCUT2D eigenvalue weighted by atomic mass is 9.89. The molecule has 7 heteroatoms. The average molecular weight is 369 g/mol. The highest BCUT2D eigenvalue weighted by Crippen LogP contribution is 2.31. The highest BCUT2D eigenvalue weighted by atomic mass is 79.9. The first-order chi connectivity index (χ1) is 10.5. The lowest BCUT2D eigenvalue weighted by Crippen LogP contribution is -2.51. The van der Waals surface area contributed by atoms with Gasteiger partial charge in [-0.3, -0.25) is 4.79 Å². The number of urea groups is 1. The predicted molar refractivity (Wildman–Crippen MR) is 84.0 cm³/mol. The van der Waals surface area contributed by atoms with Crippen molar-refractivity contribution in [3.8, 4) is 0 Å². The van der Waals surface area contributed by atoms with Crippen LogP contribution in [0.25, 0.3) is 0 Å². The number of esters is 1. The van der Waals surface area contributed by atoms with Crippen LogP contribution in [0.2, 0.25) is 0 Å². The van der Waals surface area contributed by atoms with Crippen LogP contribution in [-0.2, 0) is 14.3 Å². The molecule has 2 atom stereocenters. The van der Waals surface area contributed by atoms with Gasteiger partial charge in [0.25, 0.3) is 0 Å². The summed E-state index contributed by atoms with van der Waals surface area (Å²) in [6.45, 7) is 4.24. The molecule has 2 rings (SSSR count). The molecule has 2 N–H and O–H groups in total. The average Bonchev–Trinajstić information content (AvgIpc) is 2.47. The summed E-state index contributed by atoms with van der Waals surface area (Å²) in [5.41, 5.74) is 1.12. The Hall–Kier alpha value is -1.86. The monoisotopic (exact) mass is 368 g/mol. The van der Waals surface area contributed by atoms with Gasteiger partial charge in [-0.15, -0.1) is 0 Å². The molecule has 118 valence electrons. The maximum atomic E-state index is 12.3. The van der Waals surface area contributed by atoms with E-state index in [1.807, 2.05) is 24.3 Å². The fraction of sp³-hybridized carbons (Fsp3) is 0.333. The van der Waals surface area contributed by atoms with Crippen LogP contribution in [0.15, 0.2) is 41.0 Å². The molecule has 0 spiro atoms. The van der Waals surface area contributed by atoms with Crippen LogP contribution in [0.4, 0.5) is 4.79 Å². The third-order valence-electron chi connectivity index (χ3n) is 3.28. The van der Waals surface area contributed by atoms with Gasteiger partial charge in [-0.25, -0.2) is 4.79 Å². The van der Waals surface area contributed by atoms with Crippen LogP contribution in [0, 0.1) is 5.92 Å². The number of rotatable bonds is 5. The normalized spacial score (nSPS) is 21.0. The van der Waals surface area contributed by atoms with Gasteiger partial charge in [-0.05, 0) is 17.7 Å². The van der Waals surface area contributed by atoms with Crippen molar-refractivity contribution in [2.75, 3.05) is 20.3 Å². The molecule has 1 saturated heterocycles. The number of benzene rings is 1. The molecule has 1 aliphatic rings. The molecule has 1 aromatic rings. The Labute approximate surface area is 137 Å². The van der Waals surface area contributed by atoms with E-state index >= 15 is 0 Å². The van der Waals surface area contributed by atoms with E-state index in [1.165, 1.54) is 7.11 Å². The summed E-state index contributed by atoms with van der Waals surface area (Å²) < 4.78 is 10.9. The Kier molecular flexibility index (Phi) is 5.57. The minimum absolute atomic E-state index is 0.153. The van der Waals surface area contributed by atoms with Crippen molar-refractivity contribution in [1.82, 2.24) is 10.6 Å². The van der Waals surface area contributed by atoms with Crippen LogP contribution in [-0.4, -0.2) is 32.3 Å². The second kappa shape index (κ2) is 7.42. The molecular formula is C15H17BrN2O4. The molecule has 1 aromatic carbocycles. The first-order valence-electron chi connectivity index (χ1n) is 6.70. The lowest BCUT2D eigenvalue weighted by Gasteiger charge is -2.33. The van der Waals surface area contributed by atoms with Crippen LogP contribution in [0.3, 0.4) is 0 Å². The van der Waals surface area contributed by atoms with Gasteiger partial charge >= 0.3 is 12.0 Å². The van der Waals surface area contributed by atoms with Crippen molar-refractivity contribution in [3.05, 3.63) is 46.6 Å². The number of nitrogens with one attached hydrogen (secondary N) is 2. The molecule has 6 nitrogen and oxygen atoms in total. The molecule has 0 saturated carbocycles. The van der Waals surface area contributed by atoms with Gasteiger partial charge in [0.1, 0.15) is 12.5 Å². The zero-order valence-electron chi connectivity index (χ0n) is 12.1. The van der Waals surface area contributed by atoms with E-state index in [0.29, 0.717) is 12.3 Å². The summed E-state index contributed by atoms with van der Waals surface area (Å²) in [7, 11) is 1.53. The van der Waals surface area contributed by atoms with Crippen molar-refractivity contribution in [2.45, 2.75) is 6.04 Å².